The SMILES string of the molecule is CCN1Cc2ccc(Nc3cc(C)ccc3C3CCOC3)nc2C1=O. The van der Waals surface area contributed by atoms with Crippen LogP contribution in [-0.2, 0) is 11.3 Å². The Morgan fingerprint density at radius 1 is 1.32 bits per heavy atom. The molecule has 1 atom stereocenters. The van der Waals surface area contributed by atoms with Crippen LogP contribution in [0.5, 0.6) is 0 Å². The zero-order valence-corrected chi connectivity index (χ0v) is 14.7. The average molecular weight is 337 g/mol. The van der Waals surface area contributed by atoms with Crippen molar-refractivity contribution < 1.29 is 9.53 Å². The molecule has 0 radical (unpaired) electrons. The number of anilines is 2. The summed E-state index contributed by atoms with van der Waals surface area (Å²) in [5.41, 5.74) is 5.09. The summed E-state index contributed by atoms with van der Waals surface area (Å²) in [5.74, 6) is 1.15. The van der Waals surface area contributed by atoms with Crippen molar-refractivity contribution in [1.29, 1.82) is 0 Å². The van der Waals surface area contributed by atoms with Gasteiger partial charge < -0.3 is 15.0 Å². The second-order valence-corrected chi connectivity index (χ2v) is 6.80. The zero-order chi connectivity index (χ0) is 17.4. The highest BCUT2D eigenvalue weighted by atomic mass is 16.5. The van der Waals surface area contributed by atoms with Crippen molar-refractivity contribution in [2.75, 3.05) is 25.1 Å². The Labute approximate surface area is 148 Å². The summed E-state index contributed by atoms with van der Waals surface area (Å²) in [5, 5.41) is 3.44. The van der Waals surface area contributed by atoms with Gasteiger partial charge in [-0.05, 0) is 43.5 Å². The maximum Gasteiger partial charge on any atom is 0.273 e. The number of nitrogens with zero attached hydrogens (tertiary/aromatic N) is 2. The van der Waals surface area contributed by atoms with E-state index in [2.05, 4.69) is 35.4 Å². The molecular formula is C20H23N3O2. The van der Waals surface area contributed by atoms with Gasteiger partial charge in [-0.3, -0.25) is 4.79 Å². The van der Waals surface area contributed by atoms with Gasteiger partial charge in [0, 0.05) is 36.9 Å². The summed E-state index contributed by atoms with van der Waals surface area (Å²) in [4.78, 5) is 18.8. The van der Waals surface area contributed by atoms with Gasteiger partial charge in [0.25, 0.3) is 5.91 Å². The van der Waals surface area contributed by atoms with Crippen LogP contribution in [0.2, 0.25) is 0 Å². The third-order valence-corrected chi connectivity index (χ3v) is 5.05. The lowest BCUT2D eigenvalue weighted by Gasteiger charge is -2.16. The molecule has 1 N–H and O–H groups in total. The van der Waals surface area contributed by atoms with Gasteiger partial charge in [-0.1, -0.05) is 18.2 Å². The third kappa shape index (κ3) is 3.00. The van der Waals surface area contributed by atoms with E-state index < -0.39 is 0 Å². The number of aromatic nitrogens is 1. The summed E-state index contributed by atoms with van der Waals surface area (Å²) in [6.07, 6.45) is 1.04. The number of benzene rings is 1. The van der Waals surface area contributed by atoms with Crippen molar-refractivity contribution in [2.24, 2.45) is 0 Å². The quantitative estimate of drug-likeness (QED) is 0.926. The van der Waals surface area contributed by atoms with Gasteiger partial charge in [-0.15, -0.1) is 0 Å². The molecule has 130 valence electrons. The van der Waals surface area contributed by atoms with Crippen molar-refractivity contribution in [2.45, 2.75) is 32.7 Å². The Morgan fingerprint density at radius 3 is 2.96 bits per heavy atom. The molecule has 0 saturated carbocycles. The number of pyridine rings is 1. The Kier molecular flexibility index (Phi) is 4.17. The van der Waals surface area contributed by atoms with E-state index in [-0.39, 0.29) is 5.91 Å². The van der Waals surface area contributed by atoms with Crippen molar-refractivity contribution in [1.82, 2.24) is 9.88 Å². The lowest BCUT2D eigenvalue weighted by molar-refractivity contribution is 0.0783. The van der Waals surface area contributed by atoms with Crippen LogP contribution in [0.15, 0.2) is 30.3 Å². The van der Waals surface area contributed by atoms with E-state index in [0.717, 1.165) is 36.7 Å². The molecular weight excluding hydrogens is 314 g/mol. The zero-order valence-electron chi connectivity index (χ0n) is 14.7. The van der Waals surface area contributed by atoms with Crippen molar-refractivity contribution >= 4 is 17.4 Å². The minimum absolute atomic E-state index is 0.0230. The van der Waals surface area contributed by atoms with Gasteiger partial charge in [-0.25, -0.2) is 4.98 Å². The smallest absolute Gasteiger partial charge is 0.273 e. The molecule has 1 aromatic carbocycles. The Balaban J connectivity index is 1.64. The summed E-state index contributed by atoms with van der Waals surface area (Å²) in [7, 11) is 0. The minimum Gasteiger partial charge on any atom is -0.381 e. The highest BCUT2D eigenvalue weighted by Crippen LogP contribution is 2.33. The molecule has 0 aliphatic carbocycles. The first-order chi connectivity index (χ1) is 12.2. The molecule has 1 saturated heterocycles. The molecule has 4 rings (SSSR count). The van der Waals surface area contributed by atoms with Crippen LogP contribution in [0.25, 0.3) is 0 Å². The van der Waals surface area contributed by atoms with Crippen LogP contribution in [0.1, 0.15) is 46.4 Å². The van der Waals surface area contributed by atoms with E-state index in [1.165, 1.54) is 11.1 Å². The monoisotopic (exact) mass is 337 g/mol. The molecule has 5 heteroatoms. The molecule has 0 spiro atoms. The number of amides is 1. The molecule has 1 aromatic heterocycles. The molecule has 3 heterocycles. The van der Waals surface area contributed by atoms with Crippen molar-refractivity contribution in [3.05, 3.63) is 52.7 Å². The fourth-order valence-corrected chi connectivity index (χ4v) is 3.61. The predicted octanol–water partition coefficient (Wildman–Crippen LogP) is 3.61. The van der Waals surface area contributed by atoms with Gasteiger partial charge in [-0.2, -0.15) is 0 Å². The van der Waals surface area contributed by atoms with Crippen LogP contribution >= 0.6 is 0 Å². The summed E-state index contributed by atoms with van der Waals surface area (Å²) in [6.45, 7) is 7.02. The number of carbonyl (C=O) groups excluding carboxylic acids is 1. The van der Waals surface area contributed by atoms with Crippen LogP contribution in [0.3, 0.4) is 0 Å². The topological polar surface area (TPSA) is 54.5 Å². The van der Waals surface area contributed by atoms with Gasteiger partial charge in [0.05, 0.1) is 6.61 Å². The summed E-state index contributed by atoms with van der Waals surface area (Å²) < 4.78 is 5.55. The number of ether oxygens (including phenoxy) is 1. The molecule has 2 aromatic rings. The van der Waals surface area contributed by atoms with Crippen LogP contribution in [0.4, 0.5) is 11.5 Å². The number of carbonyl (C=O) groups is 1. The Hall–Kier alpha value is -2.40. The fourth-order valence-electron chi connectivity index (χ4n) is 3.61. The third-order valence-electron chi connectivity index (χ3n) is 5.05. The van der Waals surface area contributed by atoms with E-state index in [9.17, 15) is 4.79 Å². The van der Waals surface area contributed by atoms with Gasteiger partial charge in [0.2, 0.25) is 0 Å². The van der Waals surface area contributed by atoms with Crippen LogP contribution in [-0.4, -0.2) is 35.5 Å². The first kappa shape index (κ1) is 16.1. The number of hydrogen-bond acceptors (Lipinski definition) is 4. The van der Waals surface area contributed by atoms with Crippen LogP contribution in [0, 0.1) is 6.92 Å². The fraction of sp³-hybridized carbons (Fsp3) is 0.400. The number of nitrogens with one attached hydrogen (secondary N) is 1. The first-order valence-corrected chi connectivity index (χ1v) is 8.90. The molecule has 25 heavy (non-hydrogen) atoms. The molecule has 1 fully saturated rings. The molecule has 2 aliphatic heterocycles. The van der Waals surface area contributed by atoms with Gasteiger partial charge in [0.15, 0.2) is 0 Å². The number of hydrogen-bond donors (Lipinski definition) is 1. The molecule has 2 aliphatic rings. The molecule has 1 amide bonds. The normalized spacial score (nSPS) is 19.4. The second-order valence-electron chi connectivity index (χ2n) is 6.80. The van der Waals surface area contributed by atoms with E-state index in [1.807, 2.05) is 24.0 Å². The molecule has 0 bridgehead atoms. The number of rotatable bonds is 4. The van der Waals surface area contributed by atoms with Crippen molar-refractivity contribution in [3.63, 3.8) is 0 Å². The Morgan fingerprint density at radius 2 is 2.20 bits per heavy atom. The number of aryl methyl sites for hydroxylation is 1. The van der Waals surface area contributed by atoms with E-state index in [1.54, 1.807) is 0 Å². The molecule has 1 unspecified atom stereocenters. The lowest BCUT2D eigenvalue weighted by Crippen LogP contribution is -2.23. The Bertz CT molecular complexity index is 813. The second kappa shape index (κ2) is 6.48. The average Bonchev–Trinajstić information content (AvgIpc) is 3.24. The predicted molar refractivity (Wildman–Crippen MR) is 97.3 cm³/mol. The summed E-state index contributed by atoms with van der Waals surface area (Å²) in [6, 6.07) is 10.4. The minimum atomic E-state index is 0.0230. The van der Waals surface area contributed by atoms with Gasteiger partial charge >= 0.3 is 0 Å². The standard InChI is InChI=1S/C20H23N3O2/c1-3-23-11-14-5-7-18(22-19(14)20(23)24)21-17-10-13(2)4-6-16(17)15-8-9-25-12-15/h4-7,10,15H,3,8-9,11-12H2,1-2H3,(H,21,22). The first-order valence-electron chi connectivity index (χ1n) is 8.90. The largest absolute Gasteiger partial charge is 0.381 e. The molecule has 5 nitrogen and oxygen atoms in total. The highest BCUT2D eigenvalue weighted by Gasteiger charge is 2.28. The lowest BCUT2D eigenvalue weighted by atomic mass is 9.95. The highest BCUT2D eigenvalue weighted by molar-refractivity contribution is 5.96. The van der Waals surface area contributed by atoms with Crippen LogP contribution < -0.4 is 5.32 Å². The van der Waals surface area contributed by atoms with E-state index in [4.69, 9.17) is 4.74 Å². The van der Waals surface area contributed by atoms with Crippen molar-refractivity contribution in [3.8, 4) is 0 Å². The maximum absolute atomic E-state index is 12.4. The maximum atomic E-state index is 12.4. The van der Waals surface area contributed by atoms with E-state index >= 15 is 0 Å². The van der Waals surface area contributed by atoms with Gasteiger partial charge in [0.1, 0.15) is 11.5 Å². The summed E-state index contributed by atoms with van der Waals surface area (Å²) >= 11 is 0. The number of fused-ring (bicyclic) bond motifs is 1. The van der Waals surface area contributed by atoms with E-state index in [0.29, 0.717) is 24.7 Å².